The predicted octanol–water partition coefficient (Wildman–Crippen LogP) is 1.70. The van der Waals surface area contributed by atoms with Crippen molar-refractivity contribution < 1.29 is 19.1 Å². The van der Waals surface area contributed by atoms with Gasteiger partial charge >= 0.3 is 5.97 Å². The monoisotopic (exact) mass is 374 g/mol. The van der Waals surface area contributed by atoms with Crippen molar-refractivity contribution in [3.63, 3.8) is 0 Å². The highest BCUT2D eigenvalue weighted by Crippen LogP contribution is 2.07. The first-order chi connectivity index (χ1) is 12.6. The Morgan fingerprint density at radius 1 is 0.923 bits per heavy atom. The van der Waals surface area contributed by atoms with E-state index in [-0.39, 0.29) is 37.8 Å². The first-order valence-electron chi connectivity index (χ1n) is 8.39. The van der Waals surface area contributed by atoms with Gasteiger partial charge in [-0.05, 0) is 23.4 Å². The minimum atomic E-state index is -0.515. The zero-order chi connectivity index (χ0) is 18.6. The second-order valence-corrected chi connectivity index (χ2v) is 6.63. The molecular formula is C19H22N2O4S. The Labute approximate surface area is 156 Å². The molecule has 2 rings (SSSR count). The van der Waals surface area contributed by atoms with Crippen LogP contribution in [0.1, 0.15) is 16.9 Å². The third-order valence-electron chi connectivity index (χ3n) is 3.50. The number of benzene rings is 1. The SMILES string of the molecule is O=C(COC(=O)CCNC(=O)Cc1ccccc1)NCCc1cccs1. The summed E-state index contributed by atoms with van der Waals surface area (Å²) >= 11 is 1.63. The largest absolute Gasteiger partial charge is 0.456 e. The molecule has 26 heavy (non-hydrogen) atoms. The topological polar surface area (TPSA) is 84.5 Å². The molecule has 1 heterocycles. The second-order valence-electron chi connectivity index (χ2n) is 5.60. The molecule has 7 heteroatoms. The Hall–Kier alpha value is -2.67. The third-order valence-corrected chi connectivity index (χ3v) is 4.43. The number of ether oxygens (including phenoxy) is 1. The smallest absolute Gasteiger partial charge is 0.308 e. The number of carbonyl (C=O) groups excluding carboxylic acids is 3. The van der Waals surface area contributed by atoms with Crippen LogP contribution in [0, 0.1) is 0 Å². The highest BCUT2D eigenvalue weighted by atomic mass is 32.1. The summed E-state index contributed by atoms with van der Waals surface area (Å²) < 4.78 is 4.89. The van der Waals surface area contributed by atoms with Crippen LogP contribution in [0.4, 0.5) is 0 Å². The van der Waals surface area contributed by atoms with E-state index in [1.54, 1.807) is 11.3 Å². The summed E-state index contributed by atoms with van der Waals surface area (Å²) in [6.07, 6.45) is 1.05. The number of rotatable bonds is 10. The quantitative estimate of drug-likeness (QED) is 0.620. The van der Waals surface area contributed by atoms with E-state index in [9.17, 15) is 14.4 Å². The molecule has 0 aliphatic carbocycles. The minimum Gasteiger partial charge on any atom is -0.456 e. The lowest BCUT2D eigenvalue weighted by Crippen LogP contribution is -2.31. The van der Waals surface area contributed by atoms with Crippen molar-refractivity contribution in [2.45, 2.75) is 19.3 Å². The lowest BCUT2D eigenvalue weighted by molar-refractivity contribution is -0.148. The van der Waals surface area contributed by atoms with Crippen LogP contribution in [0.2, 0.25) is 0 Å². The number of thiophene rings is 1. The van der Waals surface area contributed by atoms with Gasteiger partial charge in [0.25, 0.3) is 5.91 Å². The zero-order valence-electron chi connectivity index (χ0n) is 14.4. The van der Waals surface area contributed by atoms with Crippen molar-refractivity contribution in [3.8, 4) is 0 Å². The molecule has 2 aromatic rings. The van der Waals surface area contributed by atoms with Gasteiger partial charge in [-0.3, -0.25) is 14.4 Å². The molecule has 0 aliphatic rings. The maximum Gasteiger partial charge on any atom is 0.308 e. The fourth-order valence-electron chi connectivity index (χ4n) is 2.20. The van der Waals surface area contributed by atoms with Gasteiger partial charge in [0.2, 0.25) is 5.91 Å². The van der Waals surface area contributed by atoms with Crippen molar-refractivity contribution >= 4 is 29.1 Å². The highest BCUT2D eigenvalue weighted by Gasteiger charge is 2.09. The summed E-state index contributed by atoms with van der Waals surface area (Å²) in [7, 11) is 0. The van der Waals surface area contributed by atoms with Gasteiger partial charge in [-0.2, -0.15) is 0 Å². The van der Waals surface area contributed by atoms with Gasteiger partial charge < -0.3 is 15.4 Å². The molecule has 0 atom stereocenters. The molecule has 138 valence electrons. The molecular weight excluding hydrogens is 352 g/mol. The van der Waals surface area contributed by atoms with Crippen LogP contribution in [0.3, 0.4) is 0 Å². The van der Waals surface area contributed by atoms with Gasteiger partial charge in [-0.25, -0.2) is 0 Å². The van der Waals surface area contributed by atoms with Crippen LogP contribution in [0.5, 0.6) is 0 Å². The highest BCUT2D eigenvalue weighted by molar-refractivity contribution is 7.09. The van der Waals surface area contributed by atoms with Crippen LogP contribution >= 0.6 is 11.3 Å². The van der Waals surface area contributed by atoms with Crippen LogP contribution < -0.4 is 10.6 Å². The first-order valence-corrected chi connectivity index (χ1v) is 9.27. The van der Waals surface area contributed by atoms with Gasteiger partial charge in [-0.15, -0.1) is 11.3 Å². The van der Waals surface area contributed by atoms with Gasteiger partial charge in [0.1, 0.15) is 0 Å². The minimum absolute atomic E-state index is 0.0308. The van der Waals surface area contributed by atoms with E-state index in [0.717, 1.165) is 12.0 Å². The normalized spacial score (nSPS) is 10.2. The molecule has 6 nitrogen and oxygen atoms in total. The maximum atomic E-state index is 11.7. The Balaban J connectivity index is 1.51. The van der Waals surface area contributed by atoms with E-state index >= 15 is 0 Å². The fraction of sp³-hybridized carbons (Fsp3) is 0.316. The van der Waals surface area contributed by atoms with E-state index < -0.39 is 5.97 Å². The van der Waals surface area contributed by atoms with Crippen LogP contribution in [0.15, 0.2) is 47.8 Å². The first kappa shape index (κ1) is 19.7. The summed E-state index contributed by atoms with van der Waals surface area (Å²) in [5, 5.41) is 7.34. The lowest BCUT2D eigenvalue weighted by Gasteiger charge is -2.07. The zero-order valence-corrected chi connectivity index (χ0v) is 15.2. The number of esters is 1. The lowest BCUT2D eigenvalue weighted by atomic mass is 10.1. The molecule has 0 spiro atoms. The summed E-state index contributed by atoms with van der Waals surface area (Å²) in [6.45, 7) is 0.387. The molecule has 0 saturated carbocycles. The number of hydrogen-bond donors (Lipinski definition) is 2. The maximum absolute atomic E-state index is 11.7. The number of nitrogens with one attached hydrogen (secondary N) is 2. The summed E-state index contributed by atoms with van der Waals surface area (Å²) in [5.74, 6) is -1.00. The third kappa shape index (κ3) is 7.94. The number of carbonyl (C=O) groups is 3. The molecule has 0 fully saturated rings. The van der Waals surface area contributed by atoms with Gasteiger partial charge in [0.15, 0.2) is 6.61 Å². The standard InChI is InChI=1S/C19H22N2O4S/c22-17(13-15-5-2-1-3-6-15)20-11-9-19(24)25-14-18(23)21-10-8-16-7-4-12-26-16/h1-7,12H,8-11,13-14H2,(H,20,22)(H,21,23). The number of hydrogen-bond acceptors (Lipinski definition) is 5. The van der Waals surface area contributed by atoms with Crippen molar-refractivity contribution in [2.75, 3.05) is 19.7 Å². The van der Waals surface area contributed by atoms with Crippen molar-refractivity contribution in [2.24, 2.45) is 0 Å². The van der Waals surface area contributed by atoms with Gasteiger partial charge in [0.05, 0.1) is 12.8 Å². The predicted molar refractivity (Wildman–Crippen MR) is 99.8 cm³/mol. The van der Waals surface area contributed by atoms with Crippen molar-refractivity contribution in [1.82, 2.24) is 10.6 Å². The molecule has 0 radical (unpaired) electrons. The van der Waals surface area contributed by atoms with Gasteiger partial charge in [-0.1, -0.05) is 36.4 Å². The van der Waals surface area contributed by atoms with Crippen molar-refractivity contribution in [1.29, 1.82) is 0 Å². The Kier molecular flexibility index (Phi) is 8.35. The Bertz CT molecular complexity index is 702. The molecule has 1 aromatic heterocycles. The fourth-order valence-corrected chi connectivity index (χ4v) is 2.91. The molecule has 1 aromatic carbocycles. The van der Waals surface area contributed by atoms with Crippen LogP contribution in [-0.2, 0) is 32.0 Å². The molecule has 2 N–H and O–H groups in total. The Morgan fingerprint density at radius 2 is 1.69 bits per heavy atom. The van der Waals surface area contributed by atoms with Crippen LogP contribution in [-0.4, -0.2) is 37.5 Å². The Morgan fingerprint density at radius 3 is 2.42 bits per heavy atom. The van der Waals surface area contributed by atoms with E-state index in [4.69, 9.17) is 4.74 Å². The van der Waals surface area contributed by atoms with Crippen LogP contribution in [0.25, 0.3) is 0 Å². The molecule has 0 unspecified atom stereocenters. The van der Waals surface area contributed by atoms with E-state index in [1.165, 1.54) is 4.88 Å². The average molecular weight is 374 g/mol. The summed E-state index contributed by atoms with van der Waals surface area (Å²) in [6, 6.07) is 13.3. The summed E-state index contributed by atoms with van der Waals surface area (Å²) in [5.41, 5.74) is 0.909. The molecule has 2 amide bonds. The average Bonchev–Trinajstić information content (AvgIpc) is 3.14. The van der Waals surface area contributed by atoms with E-state index in [1.807, 2.05) is 47.8 Å². The van der Waals surface area contributed by atoms with Gasteiger partial charge in [0, 0.05) is 18.0 Å². The van der Waals surface area contributed by atoms with Crippen molar-refractivity contribution in [3.05, 3.63) is 58.3 Å². The molecule has 0 aliphatic heterocycles. The van der Waals surface area contributed by atoms with E-state index in [2.05, 4.69) is 10.6 Å². The van der Waals surface area contributed by atoms with E-state index in [0.29, 0.717) is 6.54 Å². The summed E-state index contributed by atoms with van der Waals surface area (Å²) in [4.78, 5) is 36.1. The molecule has 0 saturated heterocycles. The molecule has 0 bridgehead atoms. The number of amides is 2. The second kappa shape index (κ2) is 11.0.